The number of aliphatic hydroxyl groups excluding tert-OH is 2. The van der Waals surface area contributed by atoms with Crippen LogP contribution in [0.3, 0.4) is 0 Å². The normalized spacial score (nSPS) is 22.4. The molecule has 0 aromatic carbocycles. The topological polar surface area (TPSA) is 113 Å². The molecule has 1 fully saturated rings. The molecule has 0 aliphatic carbocycles. The third-order valence-corrected chi connectivity index (χ3v) is 5.49. The molecule has 152 valence electrons. The molecule has 8 nitrogen and oxygen atoms in total. The minimum Gasteiger partial charge on any atom is -0.396 e. The molecule has 3 heterocycles. The highest BCUT2D eigenvalue weighted by atomic mass is 16.5. The van der Waals surface area contributed by atoms with Gasteiger partial charge in [0, 0.05) is 49.3 Å². The molecule has 0 unspecified atom stereocenters. The summed E-state index contributed by atoms with van der Waals surface area (Å²) in [6, 6.07) is 3.62. The van der Waals surface area contributed by atoms with Crippen LogP contribution in [-0.4, -0.2) is 61.9 Å². The van der Waals surface area contributed by atoms with E-state index in [1.165, 1.54) is 0 Å². The first-order chi connectivity index (χ1) is 13.6. The molecular weight excluding hydrogens is 360 g/mol. The Labute approximate surface area is 164 Å². The lowest BCUT2D eigenvalue weighted by Gasteiger charge is -2.45. The predicted molar refractivity (Wildman–Crippen MR) is 102 cm³/mol. The van der Waals surface area contributed by atoms with E-state index in [2.05, 4.69) is 15.1 Å². The van der Waals surface area contributed by atoms with Crippen LogP contribution in [0.2, 0.25) is 0 Å². The Balaban J connectivity index is 1.51. The van der Waals surface area contributed by atoms with Crippen molar-refractivity contribution in [3.05, 3.63) is 30.4 Å². The smallest absolute Gasteiger partial charge is 0.226 e. The minimum absolute atomic E-state index is 0.0368. The Kier molecular flexibility index (Phi) is 6.74. The number of likely N-dealkylation sites (tertiary alicyclic amines) is 1. The van der Waals surface area contributed by atoms with E-state index in [1.54, 1.807) is 17.3 Å². The van der Waals surface area contributed by atoms with Crippen molar-refractivity contribution in [1.29, 1.82) is 0 Å². The average molecular weight is 388 g/mol. The zero-order valence-corrected chi connectivity index (χ0v) is 16.3. The third-order valence-electron chi connectivity index (χ3n) is 5.49. The molecule has 1 saturated heterocycles. The van der Waals surface area contributed by atoms with Crippen molar-refractivity contribution in [2.75, 3.05) is 19.7 Å². The van der Waals surface area contributed by atoms with Crippen molar-refractivity contribution in [3.63, 3.8) is 0 Å². The van der Waals surface area contributed by atoms with Gasteiger partial charge < -0.3 is 19.6 Å². The van der Waals surface area contributed by atoms with Crippen LogP contribution in [0, 0.1) is 5.41 Å². The third kappa shape index (κ3) is 4.56. The van der Waals surface area contributed by atoms with E-state index < -0.39 is 11.5 Å². The van der Waals surface area contributed by atoms with Gasteiger partial charge in [0.2, 0.25) is 17.6 Å². The Morgan fingerprint density at radius 1 is 1.39 bits per heavy atom. The maximum atomic E-state index is 12.6. The van der Waals surface area contributed by atoms with Crippen LogP contribution in [-0.2, 0) is 11.2 Å². The molecule has 3 rings (SSSR count). The van der Waals surface area contributed by atoms with Crippen molar-refractivity contribution in [2.24, 2.45) is 5.41 Å². The van der Waals surface area contributed by atoms with Crippen LogP contribution in [0.25, 0.3) is 11.4 Å². The highest BCUT2D eigenvalue weighted by Crippen LogP contribution is 2.35. The summed E-state index contributed by atoms with van der Waals surface area (Å²) in [5, 5.41) is 24.1. The van der Waals surface area contributed by atoms with E-state index >= 15 is 0 Å². The number of aryl methyl sites for hydroxylation is 1. The first kappa shape index (κ1) is 20.4. The number of pyridine rings is 1. The second-order valence-corrected chi connectivity index (χ2v) is 7.49. The molecule has 2 aromatic rings. The second-order valence-electron chi connectivity index (χ2n) is 7.49. The maximum absolute atomic E-state index is 12.6. The molecule has 0 spiro atoms. The maximum Gasteiger partial charge on any atom is 0.226 e. The number of aliphatic hydroxyl groups is 2. The monoisotopic (exact) mass is 388 g/mol. The van der Waals surface area contributed by atoms with Crippen LogP contribution in [0.15, 0.2) is 29.0 Å². The molecule has 2 aromatic heterocycles. The van der Waals surface area contributed by atoms with Crippen molar-refractivity contribution >= 4 is 5.91 Å². The van der Waals surface area contributed by atoms with Crippen molar-refractivity contribution < 1.29 is 19.5 Å². The number of carbonyl (C=O) groups excluding carboxylic acids is 1. The van der Waals surface area contributed by atoms with Gasteiger partial charge in [0.1, 0.15) is 0 Å². The Hall–Kier alpha value is -2.32. The highest BCUT2D eigenvalue weighted by molar-refractivity contribution is 5.76. The first-order valence-electron chi connectivity index (χ1n) is 9.87. The van der Waals surface area contributed by atoms with E-state index in [1.807, 2.05) is 19.1 Å². The van der Waals surface area contributed by atoms with E-state index in [9.17, 15) is 15.0 Å². The van der Waals surface area contributed by atoms with Gasteiger partial charge in [-0.15, -0.1) is 0 Å². The molecule has 0 bridgehead atoms. The standard InChI is InChI=1S/C20H28N4O4/c1-2-9-20(14-25)13-24(12-8-16(20)26)18(27)5-3-4-17-22-19(23-28-17)15-6-10-21-11-7-15/h6-7,10-11,16,25-26H,2-5,8-9,12-14H2,1H3/t16-,20-/m0/s1. The number of aromatic nitrogens is 3. The number of nitrogens with zero attached hydrogens (tertiary/aromatic N) is 4. The molecule has 1 aliphatic rings. The molecule has 1 amide bonds. The van der Waals surface area contributed by atoms with Crippen LogP contribution in [0.4, 0.5) is 0 Å². The van der Waals surface area contributed by atoms with Gasteiger partial charge in [-0.05, 0) is 31.4 Å². The van der Waals surface area contributed by atoms with Gasteiger partial charge >= 0.3 is 0 Å². The van der Waals surface area contributed by atoms with E-state index in [4.69, 9.17) is 4.52 Å². The zero-order chi connectivity index (χ0) is 20.0. The van der Waals surface area contributed by atoms with Crippen LogP contribution in [0.1, 0.15) is 44.9 Å². The number of amides is 1. The number of hydrogen-bond donors (Lipinski definition) is 2. The largest absolute Gasteiger partial charge is 0.396 e. The van der Waals surface area contributed by atoms with Crippen molar-refractivity contribution in [2.45, 2.75) is 51.6 Å². The fourth-order valence-corrected chi connectivity index (χ4v) is 3.86. The fraction of sp³-hybridized carbons (Fsp3) is 0.600. The molecule has 0 saturated carbocycles. The second kappa shape index (κ2) is 9.25. The summed E-state index contributed by atoms with van der Waals surface area (Å²) in [7, 11) is 0. The van der Waals surface area contributed by atoms with Crippen molar-refractivity contribution in [3.8, 4) is 11.4 Å². The molecule has 28 heavy (non-hydrogen) atoms. The summed E-state index contributed by atoms with van der Waals surface area (Å²) in [5.41, 5.74) is 0.235. The Morgan fingerprint density at radius 2 is 2.18 bits per heavy atom. The van der Waals surface area contributed by atoms with Gasteiger partial charge in [0.15, 0.2) is 0 Å². The van der Waals surface area contributed by atoms with Gasteiger partial charge in [-0.2, -0.15) is 4.98 Å². The van der Waals surface area contributed by atoms with E-state index in [0.717, 1.165) is 12.0 Å². The number of piperidine rings is 1. The van der Waals surface area contributed by atoms with Gasteiger partial charge in [0.05, 0.1) is 12.7 Å². The van der Waals surface area contributed by atoms with Gasteiger partial charge in [-0.3, -0.25) is 9.78 Å². The number of hydrogen-bond acceptors (Lipinski definition) is 7. The lowest BCUT2D eigenvalue weighted by molar-refractivity contribution is -0.142. The van der Waals surface area contributed by atoms with Gasteiger partial charge in [-0.25, -0.2) is 0 Å². The summed E-state index contributed by atoms with van der Waals surface area (Å²) in [6.45, 7) is 2.85. The molecule has 8 heteroatoms. The van der Waals surface area contributed by atoms with Crippen LogP contribution >= 0.6 is 0 Å². The first-order valence-corrected chi connectivity index (χ1v) is 9.87. The minimum atomic E-state index is -0.603. The fourth-order valence-electron chi connectivity index (χ4n) is 3.86. The summed E-state index contributed by atoms with van der Waals surface area (Å²) in [4.78, 5) is 22.7. The summed E-state index contributed by atoms with van der Waals surface area (Å²) in [6.07, 6.45) is 6.35. The highest BCUT2D eigenvalue weighted by Gasteiger charge is 2.42. The van der Waals surface area contributed by atoms with Gasteiger partial charge in [-0.1, -0.05) is 18.5 Å². The van der Waals surface area contributed by atoms with Crippen LogP contribution in [0.5, 0.6) is 0 Å². The van der Waals surface area contributed by atoms with Crippen LogP contribution < -0.4 is 0 Å². The molecule has 2 N–H and O–H groups in total. The SMILES string of the molecule is CCC[C@@]1(CO)CN(C(=O)CCCc2nc(-c3ccncc3)no2)CC[C@@H]1O. The summed E-state index contributed by atoms with van der Waals surface area (Å²) in [5.74, 6) is 1.06. The zero-order valence-electron chi connectivity index (χ0n) is 16.3. The Bertz CT molecular complexity index is 767. The number of carbonyl (C=O) groups is 1. The molecular formula is C20H28N4O4. The quantitative estimate of drug-likeness (QED) is 0.709. The summed E-state index contributed by atoms with van der Waals surface area (Å²) < 4.78 is 5.27. The number of rotatable bonds is 8. The van der Waals surface area contributed by atoms with E-state index in [-0.39, 0.29) is 12.5 Å². The van der Waals surface area contributed by atoms with E-state index in [0.29, 0.717) is 56.9 Å². The summed E-state index contributed by atoms with van der Waals surface area (Å²) >= 11 is 0. The lowest BCUT2D eigenvalue weighted by Crippen LogP contribution is -2.55. The lowest BCUT2D eigenvalue weighted by atomic mass is 9.74. The van der Waals surface area contributed by atoms with Crippen molar-refractivity contribution in [1.82, 2.24) is 20.0 Å². The van der Waals surface area contributed by atoms with Gasteiger partial charge in [0.25, 0.3) is 0 Å². The Morgan fingerprint density at radius 3 is 2.89 bits per heavy atom. The predicted octanol–water partition coefficient (Wildman–Crippen LogP) is 1.83. The molecule has 0 radical (unpaired) electrons. The average Bonchev–Trinajstić information content (AvgIpc) is 3.19. The molecule has 2 atom stereocenters. The molecule has 1 aliphatic heterocycles.